The van der Waals surface area contributed by atoms with Gasteiger partial charge in [-0.1, -0.05) is 54.6 Å². The summed E-state index contributed by atoms with van der Waals surface area (Å²) in [5, 5.41) is 14.7. The maximum atomic E-state index is 14.9. The second kappa shape index (κ2) is 9.37. The highest BCUT2D eigenvalue weighted by Crippen LogP contribution is 2.62. The molecule has 1 N–H and O–H groups in total. The SMILES string of the molecule is O=C(c1ccc2c(c1)OCO2)C1C(C(=O)c2cccc([N+](=O)[O-])c2)C2(C(=O)Nc3ccccc32)C2c3ccccc3C=CN12. The monoisotopic (exact) mass is 585 g/mol. The summed E-state index contributed by atoms with van der Waals surface area (Å²) < 4.78 is 11.0. The molecule has 1 amide bonds. The van der Waals surface area contributed by atoms with Gasteiger partial charge in [0.2, 0.25) is 12.7 Å². The molecule has 8 rings (SSSR count). The van der Waals surface area contributed by atoms with E-state index in [4.69, 9.17) is 9.47 Å². The number of rotatable bonds is 5. The van der Waals surface area contributed by atoms with Crippen molar-refractivity contribution >= 4 is 34.9 Å². The summed E-state index contributed by atoms with van der Waals surface area (Å²) in [6.45, 7) is 0.0259. The Kier molecular flexibility index (Phi) is 5.51. The van der Waals surface area contributed by atoms with E-state index in [1.807, 2.05) is 41.3 Å². The fraction of sp³-hybridized carbons (Fsp3) is 0.147. The number of amides is 1. The first-order chi connectivity index (χ1) is 21.4. The molecule has 4 aromatic carbocycles. The number of nitrogens with zero attached hydrogens (tertiary/aromatic N) is 2. The van der Waals surface area contributed by atoms with Gasteiger partial charge in [0.15, 0.2) is 23.1 Å². The van der Waals surface area contributed by atoms with Gasteiger partial charge in [-0.15, -0.1) is 0 Å². The summed E-state index contributed by atoms with van der Waals surface area (Å²) in [5.74, 6) is -1.70. The number of hydrogen-bond acceptors (Lipinski definition) is 8. The van der Waals surface area contributed by atoms with Crippen molar-refractivity contribution < 1.29 is 28.8 Å². The number of nitrogens with one attached hydrogen (secondary N) is 1. The van der Waals surface area contributed by atoms with Crippen LogP contribution in [0.4, 0.5) is 11.4 Å². The lowest BCUT2D eigenvalue weighted by Crippen LogP contribution is -2.49. The van der Waals surface area contributed by atoms with Crippen LogP contribution in [0, 0.1) is 16.0 Å². The minimum Gasteiger partial charge on any atom is -0.454 e. The molecule has 0 radical (unpaired) electrons. The lowest BCUT2D eigenvalue weighted by Gasteiger charge is -2.38. The van der Waals surface area contributed by atoms with Gasteiger partial charge < -0.3 is 19.7 Å². The number of carbonyl (C=O) groups excluding carboxylic acids is 3. The first-order valence-corrected chi connectivity index (χ1v) is 14.1. The molecule has 4 atom stereocenters. The first-order valence-electron chi connectivity index (χ1n) is 14.1. The molecule has 4 aromatic rings. The summed E-state index contributed by atoms with van der Waals surface area (Å²) in [5.41, 5.74) is 1.32. The lowest BCUT2D eigenvalue weighted by atomic mass is 9.62. The number of carbonyl (C=O) groups is 3. The molecule has 1 fully saturated rings. The smallest absolute Gasteiger partial charge is 0.270 e. The minimum absolute atomic E-state index is 0.0259. The fourth-order valence-electron chi connectivity index (χ4n) is 7.34. The van der Waals surface area contributed by atoms with E-state index < -0.39 is 45.8 Å². The van der Waals surface area contributed by atoms with Gasteiger partial charge in [0, 0.05) is 35.1 Å². The number of benzene rings is 4. The van der Waals surface area contributed by atoms with Gasteiger partial charge in [0.25, 0.3) is 5.69 Å². The Hall–Kier alpha value is -5.77. The second-order valence-electron chi connectivity index (χ2n) is 11.2. The normalized spacial score (nSPS) is 23.6. The van der Waals surface area contributed by atoms with Crippen LogP contribution in [-0.4, -0.2) is 40.1 Å². The quantitative estimate of drug-likeness (QED) is 0.190. The molecule has 4 aliphatic rings. The Labute approximate surface area is 250 Å². The van der Waals surface area contributed by atoms with Gasteiger partial charge in [-0.25, -0.2) is 0 Å². The van der Waals surface area contributed by atoms with E-state index in [2.05, 4.69) is 5.32 Å². The van der Waals surface area contributed by atoms with Crippen molar-refractivity contribution in [3.63, 3.8) is 0 Å². The van der Waals surface area contributed by atoms with E-state index in [1.165, 1.54) is 24.3 Å². The second-order valence-corrected chi connectivity index (χ2v) is 11.2. The maximum Gasteiger partial charge on any atom is 0.270 e. The van der Waals surface area contributed by atoms with Crippen LogP contribution < -0.4 is 14.8 Å². The van der Waals surface area contributed by atoms with Crippen LogP contribution in [0.5, 0.6) is 11.5 Å². The Morgan fingerprint density at radius 3 is 2.52 bits per heavy atom. The largest absolute Gasteiger partial charge is 0.454 e. The van der Waals surface area contributed by atoms with Crippen molar-refractivity contribution in [2.45, 2.75) is 17.5 Å². The van der Waals surface area contributed by atoms with Gasteiger partial charge in [-0.05, 0) is 47.0 Å². The Balaban J connectivity index is 1.40. The number of hydrogen-bond donors (Lipinski definition) is 1. The minimum atomic E-state index is -1.55. The Bertz CT molecular complexity index is 1970. The summed E-state index contributed by atoms with van der Waals surface area (Å²) >= 11 is 0. The maximum absolute atomic E-state index is 14.9. The van der Waals surface area contributed by atoms with Crippen molar-refractivity contribution in [2.24, 2.45) is 5.92 Å². The molecule has 0 aromatic heterocycles. The van der Waals surface area contributed by atoms with Crippen LogP contribution >= 0.6 is 0 Å². The van der Waals surface area contributed by atoms with Gasteiger partial charge >= 0.3 is 0 Å². The topological polar surface area (TPSA) is 128 Å². The van der Waals surface area contributed by atoms with Crippen molar-refractivity contribution in [3.8, 4) is 11.5 Å². The van der Waals surface area contributed by atoms with Crippen LogP contribution in [0.3, 0.4) is 0 Å². The zero-order chi connectivity index (χ0) is 30.2. The van der Waals surface area contributed by atoms with Crippen molar-refractivity contribution in [1.29, 1.82) is 0 Å². The number of Topliss-reactive ketones (excluding diaryl/α,β-unsaturated/α-hetero) is 2. The third-order valence-corrected chi connectivity index (χ3v) is 9.12. The summed E-state index contributed by atoms with van der Waals surface area (Å²) in [7, 11) is 0. The molecular weight excluding hydrogens is 562 g/mol. The molecule has 4 heterocycles. The number of ketones is 2. The average molecular weight is 586 g/mol. The van der Waals surface area contributed by atoms with E-state index in [-0.39, 0.29) is 23.6 Å². The van der Waals surface area contributed by atoms with E-state index in [0.717, 1.165) is 11.1 Å². The summed E-state index contributed by atoms with van der Waals surface area (Å²) in [6.07, 6.45) is 3.65. The lowest BCUT2D eigenvalue weighted by molar-refractivity contribution is -0.384. The summed E-state index contributed by atoms with van der Waals surface area (Å²) in [4.78, 5) is 57.1. The van der Waals surface area contributed by atoms with E-state index in [0.29, 0.717) is 22.7 Å². The molecule has 216 valence electrons. The third-order valence-electron chi connectivity index (χ3n) is 9.12. The number of para-hydroxylation sites is 1. The number of ether oxygens (including phenoxy) is 2. The van der Waals surface area contributed by atoms with Gasteiger partial charge in [0.1, 0.15) is 11.5 Å². The fourth-order valence-corrected chi connectivity index (χ4v) is 7.34. The van der Waals surface area contributed by atoms with Crippen molar-refractivity contribution in [2.75, 3.05) is 12.1 Å². The van der Waals surface area contributed by atoms with Crippen LogP contribution in [0.2, 0.25) is 0 Å². The average Bonchev–Trinajstić information content (AvgIpc) is 3.73. The highest BCUT2D eigenvalue weighted by molar-refractivity contribution is 6.16. The molecule has 44 heavy (non-hydrogen) atoms. The number of nitro groups is 1. The first kappa shape index (κ1) is 25.9. The number of fused-ring (bicyclic) bond motifs is 7. The molecule has 10 nitrogen and oxygen atoms in total. The zero-order valence-electron chi connectivity index (χ0n) is 23.0. The molecule has 4 unspecified atom stereocenters. The zero-order valence-corrected chi connectivity index (χ0v) is 23.0. The number of anilines is 1. The molecule has 1 saturated heterocycles. The standard InChI is InChI=1S/C34H23N3O7/c38-30(20-7-5-8-22(16-20)37(41)42)28-29(31(39)21-12-13-26-27(17-21)44-18-43-26)36-15-14-19-6-1-2-9-23(19)32(36)34(28)24-10-3-4-11-25(24)35-33(34)40/h1-17,28-29,32H,18H2,(H,35,40). The predicted molar refractivity (Wildman–Crippen MR) is 158 cm³/mol. The van der Waals surface area contributed by atoms with Crippen LogP contribution in [0.15, 0.2) is 97.2 Å². The predicted octanol–water partition coefficient (Wildman–Crippen LogP) is 5.31. The highest BCUT2D eigenvalue weighted by Gasteiger charge is 2.70. The molecule has 0 aliphatic carbocycles. The van der Waals surface area contributed by atoms with Crippen LogP contribution in [-0.2, 0) is 10.2 Å². The third kappa shape index (κ3) is 3.45. The highest BCUT2D eigenvalue weighted by atomic mass is 16.7. The number of non-ortho nitro benzene ring substituents is 1. The van der Waals surface area contributed by atoms with E-state index in [1.54, 1.807) is 42.6 Å². The molecule has 1 spiro atoms. The molecule has 0 saturated carbocycles. The van der Waals surface area contributed by atoms with Gasteiger partial charge in [-0.2, -0.15) is 0 Å². The van der Waals surface area contributed by atoms with Crippen LogP contribution in [0.25, 0.3) is 6.08 Å². The van der Waals surface area contributed by atoms with E-state index in [9.17, 15) is 24.5 Å². The van der Waals surface area contributed by atoms with Crippen molar-refractivity contribution in [3.05, 3.63) is 135 Å². The Morgan fingerprint density at radius 2 is 1.66 bits per heavy atom. The molecule has 0 bridgehead atoms. The number of nitro benzene ring substituents is 1. The summed E-state index contributed by atoms with van der Waals surface area (Å²) in [6, 6.07) is 23.2. The van der Waals surface area contributed by atoms with Crippen molar-refractivity contribution in [1.82, 2.24) is 4.90 Å². The Morgan fingerprint density at radius 1 is 0.886 bits per heavy atom. The molecule has 4 aliphatic heterocycles. The van der Waals surface area contributed by atoms with Crippen LogP contribution in [0.1, 0.15) is 43.4 Å². The van der Waals surface area contributed by atoms with E-state index >= 15 is 0 Å². The molecular formula is C34H23N3O7. The van der Waals surface area contributed by atoms with Gasteiger partial charge in [-0.3, -0.25) is 24.5 Å². The van der Waals surface area contributed by atoms with Gasteiger partial charge in [0.05, 0.1) is 16.9 Å². The molecule has 10 heteroatoms.